The summed E-state index contributed by atoms with van der Waals surface area (Å²) in [5.41, 5.74) is 0.515. The maximum Gasteiger partial charge on any atom is 0.144 e. The smallest absolute Gasteiger partial charge is 0.144 e. The first-order valence-electron chi connectivity index (χ1n) is 4.12. The van der Waals surface area contributed by atoms with Crippen LogP contribution in [0.3, 0.4) is 0 Å². The molecule has 0 amide bonds. The molecule has 0 spiro atoms. The van der Waals surface area contributed by atoms with Gasteiger partial charge in [-0.1, -0.05) is 12.1 Å². The predicted molar refractivity (Wildman–Crippen MR) is 56.3 cm³/mol. The number of imidazole rings is 1. The third-order valence-electron chi connectivity index (χ3n) is 1.96. The van der Waals surface area contributed by atoms with Crippen LogP contribution < -0.4 is 0 Å². The van der Waals surface area contributed by atoms with Crippen LogP contribution in [0, 0.1) is 5.82 Å². The second kappa shape index (κ2) is 3.53. The number of nitrogens with zero attached hydrogens (tertiary/aromatic N) is 2. The van der Waals surface area contributed by atoms with Gasteiger partial charge in [-0.3, -0.25) is 0 Å². The van der Waals surface area contributed by atoms with E-state index in [9.17, 15) is 4.39 Å². The van der Waals surface area contributed by atoms with Crippen molar-refractivity contribution in [2.75, 3.05) is 0 Å². The summed E-state index contributed by atoms with van der Waals surface area (Å²) < 4.78 is 15.9. The zero-order valence-corrected chi connectivity index (χ0v) is 9.12. The van der Waals surface area contributed by atoms with Crippen molar-refractivity contribution in [2.24, 2.45) is 7.05 Å². The van der Waals surface area contributed by atoms with Crippen LogP contribution in [0.1, 0.15) is 0 Å². The number of hydrogen-bond acceptors (Lipinski definition) is 1. The molecule has 4 heteroatoms. The van der Waals surface area contributed by atoms with Crippen molar-refractivity contribution in [3.8, 4) is 11.4 Å². The number of benzene rings is 1. The molecular formula is C10H8BrFN2. The van der Waals surface area contributed by atoms with Gasteiger partial charge in [-0.05, 0) is 28.1 Å². The van der Waals surface area contributed by atoms with Crippen LogP contribution in [0.25, 0.3) is 11.4 Å². The maximum atomic E-state index is 13.4. The lowest BCUT2D eigenvalue weighted by atomic mass is 10.2. The van der Waals surface area contributed by atoms with Crippen LogP contribution in [0.15, 0.2) is 35.1 Å². The molecule has 0 aliphatic carbocycles. The predicted octanol–water partition coefficient (Wildman–Crippen LogP) is 2.99. The van der Waals surface area contributed by atoms with E-state index in [4.69, 9.17) is 0 Å². The Kier molecular flexibility index (Phi) is 2.37. The minimum Gasteiger partial charge on any atom is -0.333 e. The first kappa shape index (κ1) is 9.40. The maximum absolute atomic E-state index is 13.4. The van der Waals surface area contributed by atoms with E-state index in [1.165, 1.54) is 6.07 Å². The van der Waals surface area contributed by atoms with Gasteiger partial charge >= 0.3 is 0 Å². The van der Waals surface area contributed by atoms with Crippen molar-refractivity contribution >= 4 is 15.9 Å². The van der Waals surface area contributed by atoms with Gasteiger partial charge in [0.15, 0.2) is 0 Å². The quantitative estimate of drug-likeness (QED) is 0.765. The van der Waals surface area contributed by atoms with E-state index in [1.54, 1.807) is 29.0 Å². The Morgan fingerprint density at radius 1 is 1.36 bits per heavy atom. The lowest BCUT2D eigenvalue weighted by molar-refractivity contribution is 0.629. The molecular weight excluding hydrogens is 247 g/mol. The van der Waals surface area contributed by atoms with Gasteiger partial charge in [0.1, 0.15) is 16.2 Å². The molecule has 0 radical (unpaired) electrons. The summed E-state index contributed by atoms with van der Waals surface area (Å²) in [7, 11) is 1.83. The molecule has 0 fully saturated rings. The molecule has 72 valence electrons. The Labute approximate surface area is 89.5 Å². The topological polar surface area (TPSA) is 17.8 Å². The highest BCUT2D eigenvalue weighted by Gasteiger charge is 2.09. The summed E-state index contributed by atoms with van der Waals surface area (Å²) in [6, 6.07) is 6.60. The Morgan fingerprint density at radius 3 is 2.64 bits per heavy atom. The second-order valence-corrected chi connectivity index (χ2v) is 3.79. The summed E-state index contributed by atoms with van der Waals surface area (Å²) in [5.74, 6) is 0.365. The molecule has 2 nitrogen and oxygen atoms in total. The normalized spacial score (nSPS) is 10.5. The zero-order chi connectivity index (χ0) is 10.1. The van der Waals surface area contributed by atoms with E-state index in [2.05, 4.69) is 20.9 Å². The molecule has 0 bridgehead atoms. The largest absolute Gasteiger partial charge is 0.333 e. The fourth-order valence-electron chi connectivity index (χ4n) is 1.32. The van der Waals surface area contributed by atoms with E-state index in [-0.39, 0.29) is 5.82 Å². The molecule has 14 heavy (non-hydrogen) atoms. The lowest BCUT2D eigenvalue weighted by Gasteiger charge is -2.01. The van der Waals surface area contributed by atoms with Crippen LogP contribution in [-0.2, 0) is 7.05 Å². The first-order chi connectivity index (χ1) is 6.68. The van der Waals surface area contributed by atoms with Crippen LogP contribution in [-0.4, -0.2) is 9.55 Å². The van der Waals surface area contributed by atoms with E-state index in [0.717, 1.165) is 0 Å². The van der Waals surface area contributed by atoms with Gasteiger partial charge in [0.2, 0.25) is 0 Å². The molecule has 0 aliphatic rings. The summed E-state index contributed by atoms with van der Waals surface area (Å²) in [6.45, 7) is 0. The Balaban J connectivity index is 2.60. The summed E-state index contributed by atoms with van der Waals surface area (Å²) in [4.78, 5) is 4.18. The Hall–Kier alpha value is -1.16. The molecule has 0 aliphatic heterocycles. The molecule has 2 aromatic rings. The van der Waals surface area contributed by atoms with Gasteiger partial charge in [0.05, 0.1) is 5.56 Å². The molecule has 0 atom stereocenters. The third-order valence-corrected chi connectivity index (χ3v) is 2.34. The highest BCUT2D eigenvalue weighted by atomic mass is 79.9. The SMILES string of the molecule is Cn1cc(Br)nc1-c1ccccc1F. The lowest BCUT2D eigenvalue weighted by Crippen LogP contribution is -1.93. The standard InChI is InChI=1S/C10H8BrFN2/c1-14-6-9(11)13-10(14)7-4-2-3-5-8(7)12/h2-6H,1H3. The van der Waals surface area contributed by atoms with Gasteiger partial charge in [0, 0.05) is 13.2 Å². The highest BCUT2D eigenvalue weighted by Crippen LogP contribution is 2.22. The Bertz CT molecular complexity index is 465. The van der Waals surface area contributed by atoms with Crippen molar-refractivity contribution in [1.82, 2.24) is 9.55 Å². The van der Waals surface area contributed by atoms with Crippen LogP contribution >= 0.6 is 15.9 Å². The molecule has 2 rings (SSSR count). The monoisotopic (exact) mass is 254 g/mol. The first-order valence-corrected chi connectivity index (χ1v) is 4.91. The van der Waals surface area contributed by atoms with Crippen molar-refractivity contribution < 1.29 is 4.39 Å². The summed E-state index contributed by atoms with van der Waals surface area (Å²) in [5, 5.41) is 0. The second-order valence-electron chi connectivity index (χ2n) is 2.98. The summed E-state index contributed by atoms with van der Waals surface area (Å²) in [6.07, 6.45) is 1.79. The van der Waals surface area contributed by atoms with Crippen molar-refractivity contribution in [1.29, 1.82) is 0 Å². The van der Waals surface area contributed by atoms with Gasteiger partial charge in [-0.25, -0.2) is 9.37 Å². The fraction of sp³-hybridized carbons (Fsp3) is 0.100. The number of aromatic nitrogens is 2. The molecule has 1 heterocycles. The molecule has 0 unspecified atom stereocenters. The van der Waals surface area contributed by atoms with Crippen LogP contribution in [0.4, 0.5) is 4.39 Å². The van der Waals surface area contributed by atoms with Gasteiger partial charge < -0.3 is 4.57 Å². The number of rotatable bonds is 1. The van der Waals surface area contributed by atoms with Crippen molar-refractivity contribution in [3.63, 3.8) is 0 Å². The van der Waals surface area contributed by atoms with Gasteiger partial charge in [-0.2, -0.15) is 0 Å². The minimum atomic E-state index is -0.256. The average Bonchev–Trinajstić information content (AvgIpc) is 2.46. The fourth-order valence-corrected chi connectivity index (χ4v) is 1.80. The third kappa shape index (κ3) is 1.57. The van der Waals surface area contributed by atoms with Gasteiger partial charge in [-0.15, -0.1) is 0 Å². The number of halogens is 2. The van der Waals surface area contributed by atoms with E-state index >= 15 is 0 Å². The van der Waals surface area contributed by atoms with Crippen LogP contribution in [0.5, 0.6) is 0 Å². The van der Waals surface area contributed by atoms with Crippen molar-refractivity contribution in [2.45, 2.75) is 0 Å². The molecule has 0 saturated heterocycles. The van der Waals surface area contributed by atoms with Crippen LogP contribution in [0.2, 0.25) is 0 Å². The highest BCUT2D eigenvalue weighted by molar-refractivity contribution is 9.10. The van der Waals surface area contributed by atoms with E-state index in [0.29, 0.717) is 16.0 Å². The minimum absolute atomic E-state index is 0.256. The number of aryl methyl sites for hydroxylation is 1. The molecule has 1 aromatic carbocycles. The van der Waals surface area contributed by atoms with E-state index in [1.807, 2.05) is 7.05 Å². The Morgan fingerprint density at radius 2 is 2.07 bits per heavy atom. The molecule has 0 saturated carbocycles. The van der Waals surface area contributed by atoms with Gasteiger partial charge in [0.25, 0.3) is 0 Å². The van der Waals surface area contributed by atoms with E-state index < -0.39 is 0 Å². The average molecular weight is 255 g/mol. The summed E-state index contributed by atoms with van der Waals surface area (Å²) >= 11 is 3.25. The molecule has 1 aromatic heterocycles. The van der Waals surface area contributed by atoms with Crippen molar-refractivity contribution in [3.05, 3.63) is 40.9 Å². The zero-order valence-electron chi connectivity index (χ0n) is 7.54. The number of hydrogen-bond donors (Lipinski definition) is 0. The molecule has 0 N–H and O–H groups in total.